The number of hydrogen-bond acceptors (Lipinski definition) is 3. The van der Waals surface area contributed by atoms with Crippen LogP contribution in [0.1, 0.15) is 18.4 Å². The van der Waals surface area contributed by atoms with Crippen molar-refractivity contribution in [3.63, 3.8) is 0 Å². The molecular weight excluding hydrogens is 270 g/mol. The smallest absolute Gasteiger partial charge is 0.326 e. The summed E-state index contributed by atoms with van der Waals surface area (Å²) in [6.07, 6.45) is 0.777. The van der Waals surface area contributed by atoms with Gasteiger partial charge < -0.3 is 10.2 Å². The van der Waals surface area contributed by atoms with Crippen molar-refractivity contribution in [1.29, 1.82) is 0 Å². The second-order valence-electron chi connectivity index (χ2n) is 5.05. The van der Waals surface area contributed by atoms with Gasteiger partial charge in [0.05, 0.1) is 0 Å². The van der Waals surface area contributed by atoms with E-state index >= 15 is 0 Å². The lowest BCUT2D eigenvalue weighted by atomic mass is 10.2. The van der Waals surface area contributed by atoms with E-state index in [1.807, 2.05) is 30.3 Å². The molecule has 1 heterocycles. The lowest BCUT2D eigenvalue weighted by molar-refractivity contribution is -0.126. The van der Waals surface area contributed by atoms with Gasteiger partial charge in [-0.05, 0) is 12.0 Å². The van der Waals surface area contributed by atoms with E-state index in [1.54, 1.807) is 7.05 Å². The van der Waals surface area contributed by atoms with Gasteiger partial charge >= 0.3 is 6.03 Å². The normalized spacial score (nSPS) is 14.7. The van der Waals surface area contributed by atoms with Crippen LogP contribution >= 0.6 is 0 Å². The molecule has 1 aromatic carbocycles. The molecule has 21 heavy (non-hydrogen) atoms. The molecule has 0 radical (unpaired) electrons. The fourth-order valence-corrected chi connectivity index (χ4v) is 2.17. The molecule has 0 aromatic heterocycles. The van der Waals surface area contributed by atoms with Gasteiger partial charge in [0.1, 0.15) is 6.54 Å². The molecule has 1 aliphatic rings. The number of amides is 4. The van der Waals surface area contributed by atoms with Crippen molar-refractivity contribution in [3.05, 3.63) is 35.9 Å². The van der Waals surface area contributed by atoms with Gasteiger partial charge in [-0.2, -0.15) is 0 Å². The Hall–Kier alpha value is -2.37. The number of urea groups is 1. The Morgan fingerprint density at radius 1 is 1.24 bits per heavy atom. The van der Waals surface area contributed by atoms with Crippen LogP contribution in [0.25, 0.3) is 0 Å². The van der Waals surface area contributed by atoms with E-state index < -0.39 is 0 Å². The third kappa shape index (κ3) is 4.05. The lowest BCUT2D eigenvalue weighted by Crippen LogP contribution is -2.33. The van der Waals surface area contributed by atoms with E-state index in [1.165, 1.54) is 9.80 Å². The van der Waals surface area contributed by atoms with E-state index in [2.05, 4.69) is 5.32 Å². The van der Waals surface area contributed by atoms with E-state index in [0.717, 1.165) is 5.56 Å². The molecule has 0 saturated carbocycles. The first-order valence-corrected chi connectivity index (χ1v) is 6.94. The van der Waals surface area contributed by atoms with Crippen LogP contribution in [0.3, 0.4) is 0 Å². The van der Waals surface area contributed by atoms with Gasteiger partial charge in [0, 0.05) is 26.6 Å². The summed E-state index contributed by atoms with van der Waals surface area (Å²) in [5.41, 5.74) is 1.04. The molecule has 112 valence electrons. The Labute approximate surface area is 123 Å². The van der Waals surface area contributed by atoms with Crippen molar-refractivity contribution in [3.8, 4) is 0 Å². The molecule has 1 N–H and O–H groups in total. The SMILES string of the molecule is CN1CC(=O)N(CCCC(=O)NCc2ccccc2)C1=O. The van der Waals surface area contributed by atoms with Crippen LogP contribution in [0.5, 0.6) is 0 Å². The van der Waals surface area contributed by atoms with Crippen LogP contribution in [0.2, 0.25) is 0 Å². The van der Waals surface area contributed by atoms with Gasteiger partial charge in [-0.15, -0.1) is 0 Å². The number of benzene rings is 1. The van der Waals surface area contributed by atoms with Crippen LogP contribution < -0.4 is 5.32 Å². The number of carbonyl (C=O) groups is 3. The average Bonchev–Trinajstić information content (AvgIpc) is 2.72. The first-order chi connectivity index (χ1) is 10.1. The number of rotatable bonds is 6. The van der Waals surface area contributed by atoms with Gasteiger partial charge in [-0.25, -0.2) is 4.79 Å². The number of nitrogens with zero attached hydrogens (tertiary/aromatic N) is 2. The van der Waals surface area contributed by atoms with Crippen molar-refractivity contribution in [2.24, 2.45) is 0 Å². The van der Waals surface area contributed by atoms with E-state index in [4.69, 9.17) is 0 Å². The highest BCUT2D eigenvalue weighted by Gasteiger charge is 2.32. The number of hydrogen-bond donors (Lipinski definition) is 1. The zero-order valence-electron chi connectivity index (χ0n) is 12.0. The van der Waals surface area contributed by atoms with Crippen molar-refractivity contribution >= 4 is 17.8 Å². The summed E-state index contributed by atoms with van der Waals surface area (Å²) in [5.74, 6) is -0.279. The molecule has 1 saturated heterocycles. The molecule has 2 rings (SSSR count). The third-order valence-corrected chi connectivity index (χ3v) is 3.35. The molecule has 0 aliphatic carbocycles. The van der Waals surface area contributed by atoms with Crippen molar-refractivity contribution in [2.75, 3.05) is 20.1 Å². The van der Waals surface area contributed by atoms with Gasteiger partial charge in [-0.3, -0.25) is 14.5 Å². The zero-order chi connectivity index (χ0) is 15.2. The van der Waals surface area contributed by atoms with E-state index in [9.17, 15) is 14.4 Å². The summed E-state index contributed by atoms with van der Waals surface area (Å²) in [5, 5.41) is 2.82. The molecule has 1 aliphatic heterocycles. The molecule has 4 amide bonds. The average molecular weight is 289 g/mol. The van der Waals surface area contributed by atoms with E-state index in [-0.39, 0.29) is 24.4 Å². The largest absolute Gasteiger partial charge is 0.352 e. The molecule has 0 spiro atoms. The Balaban J connectivity index is 1.68. The Morgan fingerprint density at radius 3 is 2.57 bits per heavy atom. The highest BCUT2D eigenvalue weighted by molar-refractivity contribution is 6.01. The summed E-state index contributed by atoms with van der Waals surface area (Å²) in [6.45, 7) is 0.907. The van der Waals surface area contributed by atoms with Crippen LogP contribution in [-0.2, 0) is 16.1 Å². The predicted octanol–water partition coefficient (Wildman–Crippen LogP) is 0.977. The number of carbonyl (C=O) groups excluding carboxylic acids is 3. The molecule has 6 heteroatoms. The Bertz CT molecular complexity index is 530. The summed E-state index contributed by atoms with van der Waals surface area (Å²) in [4.78, 5) is 37.5. The molecular formula is C15H19N3O3. The second kappa shape index (κ2) is 6.88. The third-order valence-electron chi connectivity index (χ3n) is 3.35. The monoisotopic (exact) mass is 289 g/mol. The number of likely N-dealkylation sites (N-methyl/N-ethyl adjacent to an activating group) is 1. The summed E-state index contributed by atoms with van der Waals surface area (Å²) in [7, 11) is 1.59. The quantitative estimate of drug-likeness (QED) is 0.794. The van der Waals surface area contributed by atoms with Crippen molar-refractivity contribution < 1.29 is 14.4 Å². The van der Waals surface area contributed by atoms with E-state index in [0.29, 0.717) is 25.9 Å². The predicted molar refractivity (Wildman–Crippen MR) is 77.3 cm³/mol. The standard InChI is InChI=1S/C15H19N3O3/c1-17-11-14(20)18(15(17)21)9-5-8-13(19)16-10-12-6-3-2-4-7-12/h2-4,6-7H,5,8-11H2,1H3,(H,16,19). The lowest BCUT2D eigenvalue weighted by Gasteiger charge is -2.13. The maximum atomic E-state index is 11.7. The minimum absolute atomic E-state index is 0.0775. The molecule has 1 fully saturated rings. The van der Waals surface area contributed by atoms with Gasteiger partial charge in [0.15, 0.2) is 0 Å². The zero-order valence-corrected chi connectivity index (χ0v) is 12.0. The maximum absolute atomic E-state index is 11.7. The van der Waals surface area contributed by atoms with Gasteiger partial charge in [0.25, 0.3) is 0 Å². The van der Waals surface area contributed by atoms with Crippen molar-refractivity contribution in [1.82, 2.24) is 15.1 Å². The minimum Gasteiger partial charge on any atom is -0.352 e. The van der Waals surface area contributed by atoms with Crippen LogP contribution in [0.4, 0.5) is 4.79 Å². The molecule has 0 unspecified atom stereocenters. The summed E-state index contributed by atoms with van der Waals surface area (Å²) >= 11 is 0. The molecule has 0 atom stereocenters. The van der Waals surface area contributed by atoms with Crippen LogP contribution in [0, 0.1) is 0 Å². The molecule has 0 bridgehead atoms. The van der Waals surface area contributed by atoms with Crippen molar-refractivity contribution in [2.45, 2.75) is 19.4 Å². The topological polar surface area (TPSA) is 69.7 Å². The highest BCUT2D eigenvalue weighted by Crippen LogP contribution is 2.09. The maximum Gasteiger partial charge on any atom is 0.326 e. The summed E-state index contributed by atoms with van der Waals surface area (Å²) < 4.78 is 0. The Kier molecular flexibility index (Phi) is 4.92. The molecule has 1 aromatic rings. The minimum atomic E-state index is -0.287. The van der Waals surface area contributed by atoms with Crippen LogP contribution in [-0.4, -0.2) is 47.8 Å². The molecule has 6 nitrogen and oxygen atoms in total. The first-order valence-electron chi connectivity index (χ1n) is 6.94. The second-order valence-corrected chi connectivity index (χ2v) is 5.05. The Morgan fingerprint density at radius 2 is 1.95 bits per heavy atom. The van der Waals surface area contributed by atoms with Gasteiger partial charge in [0.2, 0.25) is 11.8 Å². The summed E-state index contributed by atoms with van der Waals surface area (Å²) in [6, 6.07) is 9.36. The number of imide groups is 1. The fourth-order valence-electron chi connectivity index (χ4n) is 2.17. The van der Waals surface area contributed by atoms with Crippen LogP contribution in [0.15, 0.2) is 30.3 Å². The number of nitrogens with one attached hydrogen (secondary N) is 1. The highest BCUT2D eigenvalue weighted by atomic mass is 16.2. The fraction of sp³-hybridized carbons (Fsp3) is 0.400. The first kappa shape index (κ1) is 15.0. The van der Waals surface area contributed by atoms with Gasteiger partial charge in [-0.1, -0.05) is 30.3 Å².